The van der Waals surface area contributed by atoms with Crippen LogP contribution in [0, 0.1) is 5.92 Å². The van der Waals surface area contributed by atoms with Crippen molar-refractivity contribution >= 4 is 17.6 Å². The summed E-state index contributed by atoms with van der Waals surface area (Å²) in [5, 5.41) is 5.61. The molecule has 5 nitrogen and oxygen atoms in total. The second-order valence-electron chi connectivity index (χ2n) is 5.43. The minimum Gasteiger partial charge on any atom is -0.334 e. The van der Waals surface area contributed by atoms with E-state index in [2.05, 4.69) is 24.5 Å². The summed E-state index contributed by atoms with van der Waals surface area (Å²) in [5.74, 6) is 0.383. The van der Waals surface area contributed by atoms with Crippen LogP contribution in [0.5, 0.6) is 0 Å². The summed E-state index contributed by atoms with van der Waals surface area (Å²) in [6.07, 6.45) is 1.05. The van der Waals surface area contributed by atoms with Crippen LogP contribution in [0.1, 0.15) is 32.8 Å². The van der Waals surface area contributed by atoms with Crippen molar-refractivity contribution in [2.75, 3.05) is 18.9 Å². The van der Waals surface area contributed by atoms with E-state index < -0.39 is 0 Å². The second kappa shape index (κ2) is 8.29. The van der Waals surface area contributed by atoms with E-state index >= 15 is 0 Å². The third kappa shape index (κ3) is 6.29. The molecule has 0 heterocycles. The molecule has 0 aromatic heterocycles. The molecule has 0 fully saturated rings. The Hall–Kier alpha value is -2.04. The molecular formula is C16H25N3O2. The van der Waals surface area contributed by atoms with E-state index in [1.54, 1.807) is 11.9 Å². The molecule has 2 N–H and O–H groups in total. The Labute approximate surface area is 126 Å². The molecule has 1 atom stereocenters. The van der Waals surface area contributed by atoms with Crippen LogP contribution in [0.25, 0.3) is 0 Å². The van der Waals surface area contributed by atoms with Crippen LogP contribution < -0.4 is 10.6 Å². The molecule has 0 saturated heterocycles. The molecule has 1 unspecified atom stereocenters. The number of urea groups is 1. The predicted octanol–water partition coefficient (Wildman–Crippen LogP) is 2.83. The lowest BCUT2D eigenvalue weighted by Gasteiger charge is -2.21. The zero-order chi connectivity index (χ0) is 15.8. The van der Waals surface area contributed by atoms with E-state index in [9.17, 15) is 9.59 Å². The fourth-order valence-electron chi connectivity index (χ4n) is 1.95. The number of nitrogens with zero attached hydrogens (tertiary/aromatic N) is 1. The lowest BCUT2D eigenvalue weighted by Crippen LogP contribution is -2.39. The molecule has 3 amide bonds. The topological polar surface area (TPSA) is 61.4 Å². The van der Waals surface area contributed by atoms with Gasteiger partial charge in [0, 0.05) is 32.7 Å². The third-order valence-corrected chi connectivity index (χ3v) is 3.32. The van der Waals surface area contributed by atoms with Gasteiger partial charge in [0.1, 0.15) is 0 Å². The van der Waals surface area contributed by atoms with Crippen LogP contribution in [-0.4, -0.2) is 30.4 Å². The zero-order valence-electron chi connectivity index (χ0n) is 13.3. The van der Waals surface area contributed by atoms with Gasteiger partial charge in [-0.15, -0.1) is 0 Å². The van der Waals surface area contributed by atoms with Crippen molar-refractivity contribution in [1.29, 1.82) is 0 Å². The van der Waals surface area contributed by atoms with Crippen LogP contribution in [0.2, 0.25) is 0 Å². The molecule has 0 radical (unpaired) electrons. The summed E-state index contributed by atoms with van der Waals surface area (Å²) in [5.41, 5.74) is 1.69. The van der Waals surface area contributed by atoms with E-state index in [0.29, 0.717) is 12.5 Å². The van der Waals surface area contributed by atoms with Gasteiger partial charge in [-0.3, -0.25) is 4.79 Å². The smallest absolute Gasteiger partial charge is 0.317 e. The van der Waals surface area contributed by atoms with Gasteiger partial charge in [0.15, 0.2) is 0 Å². The van der Waals surface area contributed by atoms with Crippen molar-refractivity contribution in [3.8, 4) is 0 Å². The van der Waals surface area contributed by atoms with Gasteiger partial charge in [-0.1, -0.05) is 32.4 Å². The minimum atomic E-state index is -0.107. The highest BCUT2D eigenvalue weighted by molar-refractivity contribution is 5.88. The number of carbonyl (C=O) groups is 2. The summed E-state index contributed by atoms with van der Waals surface area (Å²) < 4.78 is 0. The van der Waals surface area contributed by atoms with Crippen LogP contribution in [-0.2, 0) is 11.3 Å². The van der Waals surface area contributed by atoms with Gasteiger partial charge in [0.25, 0.3) is 0 Å². The van der Waals surface area contributed by atoms with Crippen molar-refractivity contribution in [3.05, 3.63) is 29.8 Å². The fourth-order valence-corrected chi connectivity index (χ4v) is 1.95. The monoisotopic (exact) mass is 291 g/mol. The average molecular weight is 291 g/mol. The molecule has 0 aliphatic rings. The first-order valence-corrected chi connectivity index (χ1v) is 7.27. The Morgan fingerprint density at radius 1 is 1.33 bits per heavy atom. The van der Waals surface area contributed by atoms with Crippen molar-refractivity contribution in [1.82, 2.24) is 10.2 Å². The predicted molar refractivity (Wildman–Crippen MR) is 85.1 cm³/mol. The normalized spacial score (nSPS) is 11.6. The Morgan fingerprint density at radius 2 is 2.05 bits per heavy atom. The van der Waals surface area contributed by atoms with Gasteiger partial charge in [0.05, 0.1) is 0 Å². The average Bonchev–Trinajstić information content (AvgIpc) is 2.44. The van der Waals surface area contributed by atoms with Crippen molar-refractivity contribution in [3.63, 3.8) is 0 Å². The zero-order valence-corrected chi connectivity index (χ0v) is 13.3. The van der Waals surface area contributed by atoms with Crippen LogP contribution >= 0.6 is 0 Å². The fraction of sp³-hybridized carbons (Fsp3) is 0.500. The van der Waals surface area contributed by atoms with Gasteiger partial charge < -0.3 is 15.5 Å². The minimum absolute atomic E-state index is 0.0831. The third-order valence-electron chi connectivity index (χ3n) is 3.32. The van der Waals surface area contributed by atoms with Gasteiger partial charge >= 0.3 is 6.03 Å². The number of hydrogen-bond acceptors (Lipinski definition) is 2. The Balaban J connectivity index is 2.51. The van der Waals surface area contributed by atoms with Crippen molar-refractivity contribution in [2.45, 2.75) is 33.7 Å². The summed E-state index contributed by atoms with van der Waals surface area (Å²) >= 11 is 0. The number of carbonyl (C=O) groups excluding carboxylic acids is 2. The SMILES string of the molecule is CCC(C)CN(C)C(=O)NCc1cccc(NC(C)=O)c1. The van der Waals surface area contributed by atoms with Crippen LogP contribution in [0.3, 0.4) is 0 Å². The first-order valence-electron chi connectivity index (χ1n) is 7.27. The molecule has 0 aliphatic heterocycles. The maximum absolute atomic E-state index is 12.0. The highest BCUT2D eigenvalue weighted by atomic mass is 16.2. The largest absolute Gasteiger partial charge is 0.334 e. The van der Waals surface area contributed by atoms with E-state index in [1.807, 2.05) is 24.3 Å². The van der Waals surface area contributed by atoms with Gasteiger partial charge in [-0.05, 0) is 23.6 Å². The lowest BCUT2D eigenvalue weighted by molar-refractivity contribution is -0.114. The first-order chi connectivity index (χ1) is 9.92. The van der Waals surface area contributed by atoms with E-state index in [1.165, 1.54) is 6.92 Å². The van der Waals surface area contributed by atoms with E-state index in [0.717, 1.165) is 24.2 Å². The molecule has 1 aromatic rings. The number of rotatable bonds is 6. The van der Waals surface area contributed by atoms with Crippen molar-refractivity contribution in [2.24, 2.45) is 5.92 Å². The number of hydrogen-bond donors (Lipinski definition) is 2. The van der Waals surface area contributed by atoms with Crippen LogP contribution in [0.4, 0.5) is 10.5 Å². The molecule has 0 saturated carbocycles. The van der Waals surface area contributed by atoms with Crippen LogP contribution in [0.15, 0.2) is 24.3 Å². The molecule has 5 heteroatoms. The molecule has 1 rings (SSSR count). The number of amides is 3. The summed E-state index contributed by atoms with van der Waals surface area (Å²) in [6, 6.07) is 7.37. The second-order valence-corrected chi connectivity index (χ2v) is 5.43. The maximum atomic E-state index is 12.0. The Bertz CT molecular complexity index is 488. The summed E-state index contributed by atoms with van der Waals surface area (Å²) in [4.78, 5) is 24.7. The number of benzene rings is 1. The van der Waals surface area contributed by atoms with E-state index in [-0.39, 0.29) is 11.9 Å². The molecular weight excluding hydrogens is 266 g/mol. The molecule has 0 spiro atoms. The Morgan fingerprint density at radius 3 is 2.67 bits per heavy atom. The number of nitrogens with one attached hydrogen (secondary N) is 2. The van der Waals surface area contributed by atoms with Gasteiger partial charge in [0.2, 0.25) is 5.91 Å². The first kappa shape index (κ1) is 17.0. The highest BCUT2D eigenvalue weighted by Gasteiger charge is 2.10. The summed E-state index contributed by atoms with van der Waals surface area (Å²) in [6.45, 7) is 6.90. The lowest BCUT2D eigenvalue weighted by atomic mass is 10.1. The maximum Gasteiger partial charge on any atom is 0.317 e. The molecule has 21 heavy (non-hydrogen) atoms. The quantitative estimate of drug-likeness (QED) is 0.846. The standard InChI is InChI=1S/C16H25N3O2/c1-5-12(2)11-19(4)16(21)17-10-14-7-6-8-15(9-14)18-13(3)20/h6-9,12H,5,10-11H2,1-4H3,(H,17,21)(H,18,20). The Kier molecular flexibility index (Phi) is 6.72. The molecule has 116 valence electrons. The molecule has 0 bridgehead atoms. The van der Waals surface area contributed by atoms with Gasteiger partial charge in [-0.25, -0.2) is 4.79 Å². The molecule has 1 aromatic carbocycles. The molecule has 0 aliphatic carbocycles. The van der Waals surface area contributed by atoms with E-state index in [4.69, 9.17) is 0 Å². The number of anilines is 1. The van der Waals surface area contributed by atoms with Gasteiger partial charge in [-0.2, -0.15) is 0 Å². The highest BCUT2D eigenvalue weighted by Crippen LogP contribution is 2.10. The summed E-state index contributed by atoms with van der Waals surface area (Å²) in [7, 11) is 1.80. The van der Waals surface area contributed by atoms with Crippen molar-refractivity contribution < 1.29 is 9.59 Å².